The molecule has 70 heavy (non-hydrogen) atoms. The third kappa shape index (κ3) is 14.0. The van der Waals surface area contributed by atoms with Crippen molar-refractivity contribution in [3.05, 3.63) is 161 Å². The maximum Gasteiger partial charge on any atom is 0.460 e. The highest BCUT2D eigenvalue weighted by Gasteiger charge is 2.94. The van der Waals surface area contributed by atoms with Crippen molar-refractivity contribution in [2.75, 3.05) is 0 Å². The molecule has 386 valence electrons. The van der Waals surface area contributed by atoms with Crippen molar-refractivity contribution in [2.45, 2.75) is 91.0 Å². The van der Waals surface area contributed by atoms with Gasteiger partial charge in [-0.1, -0.05) is 125 Å². The minimum atomic E-state index is -8.60. The Hall–Kier alpha value is -5.67. The molecule has 0 aliphatic carbocycles. The minimum Gasteiger partial charge on any atom is -0.267 e. The van der Waals surface area contributed by atoms with Crippen LogP contribution in [0.15, 0.2) is 148 Å². The van der Waals surface area contributed by atoms with Crippen molar-refractivity contribution in [3.63, 3.8) is 0 Å². The third-order valence-electron chi connectivity index (χ3n) is 8.93. The first kappa shape index (κ1) is 60.5. The predicted molar refractivity (Wildman–Crippen MR) is 224 cm³/mol. The molecule has 0 heterocycles. The van der Waals surface area contributed by atoms with E-state index in [0.29, 0.717) is 17.7 Å². The van der Waals surface area contributed by atoms with E-state index < -0.39 is 82.6 Å². The Morgan fingerprint density at radius 3 is 0.843 bits per heavy atom. The highest BCUT2D eigenvalue weighted by molar-refractivity contribution is 8.04. The van der Waals surface area contributed by atoms with Gasteiger partial charge in [0.05, 0.1) is 14.7 Å². The van der Waals surface area contributed by atoms with Crippen molar-refractivity contribution in [1.82, 2.24) is 8.85 Å². The molecule has 0 aliphatic rings. The van der Waals surface area contributed by atoms with Crippen LogP contribution in [0.25, 0.3) is 0 Å². The van der Waals surface area contributed by atoms with Crippen molar-refractivity contribution in [3.8, 4) is 0 Å². The zero-order valence-corrected chi connectivity index (χ0v) is 38.9. The van der Waals surface area contributed by atoms with E-state index in [9.17, 15) is 95.9 Å². The van der Waals surface area contributed by atoms with E-state index in [-0.39, 0.29) is 14.5 Å². The average Bonchev–Trinajstić information content (AvgIpc) is 3.24. The second kappa shape index (κ2) is 22.2. The molecule has 9 nitrogen and oxygen atoms in total. The predicted octanol–water partition coefficient (Wildman–Crippen LogP) is 11.1. The van der Waals surface area contributed by atoms with Gasteiger partial charge in [0.15, 0.2) is 0 Å². The number of benzene rings is 5. The summed E-state index contributed by atoms with van der Waals surface area (Å²) >= 11 is 0. The van der Waals surface area contributed by atoms with E-state index in [1.807, 2.05) is 50.2 Å². The van der Waals surface area contributed by atoms with Gasteiger partial charge in [0.25, 0.3) is 30.1 Å². The molecule has 2 N–H and O–H groups in total. The number of nitrogens with one attached hydrogen (secondary N) is 2. The maximum atomic E-state index is 13.8. The van der Waals surface area contributed by atoms with Gasteiger partial charge in [-0.05, 0) is 71.0 Å². The van der Waals surface area contributed by atoms with Gasteiger partial charge in [-0.2, -0.15) is 65.9 Å². The monoisotopic (exact) mass is 1080 g/mol. The Morgan fingerprint density at radius 1 is 0.343 bits per heavy atom. The van der Waals surface area contributed by atoms with Gasteiger partial charge in [0.2, 0.25) is 0 Å². The fourth-order valence-electron chi connectivity index (χ4n) is 4.82. The van der Waals surface area contributed by atoms with Gasteiger partial charge >= 0.3 is 47.6 Å². The smallest absolute Gasteiger partial charge is 0.267 e. The second-order valence-electron chi connectivity index (χ2n) is 14.7. The first-order chi connectivity index (χ1) is 31.6. The number of halogens is 15. The fraction of sp³-hybridized carbons (Fsp3) is 0.279. The largest absolute Gasteiger partial charge is 0.460 e. The molecule has 0 radical (unpaired) electrons. The first-order valence-corrected chi connectivity index (χ1v) is 23.5. The van der Waals surface area contributed by atoms with Crippen molar-refractivity contribution < 1.29 is 95.9 Å². The van der Waals surface area contributed by atoms with E-state index in [4.69, 9.17) is 0 Å². The molecular weight excluding hydrogens is 1040 g/mol. The number of carbonyl (C=O) groups excluding carboxylic acids is 1. The van der Waals surface area contributed by atoms with Crippen LogP contribution in [0.2, 0.25) is 0 Å². The molecule has 0 fully saturated rings. The summed E-state index contributed by atoms with van der Waals surface area (Å²) in [6.07, 6.45) is -7.77. The summed E-state index contributed by atoms with van der Waals surface area (Å²) in [6.45, 7) is 9.13. The molecule has 0 atom stereocenters. The SMILES string of the molecule is Cc1ccc(S(=O)(=O)NC(=O)C(F)(F)C(F)(F)C(F)(F)C(F)(F)C(F)(F)C(F)(F)C(F)(F)F)cc1.Cc1ccc(S(=O)(=O)NS(=O)(=O)c2ccc(C)cc2)cc1.Cc1ccccc1.Cc1ccccc1. The zero-order valence-electron chi connectivity index (χ0n) is 36.5. The number of amides is 1. The van der Waals surface area contributed by atoms with Gasteiger partial charge in [-0.3, -0.25) is 4.79 Å². The molecule has 0 saturated heterocycles. The van der Waals surface area contributed by atoms with Crippen LogP contribution in [0.1, 0.15) is 27.8 Å². The summed E-state index contributed by atoms with van der Waals surface area (Å²) in [5, 5.41) is 0. The summed E-state index contributed by atoms with van der Waals surface area (Å²) < 4.78 is 270. The highest BCUT2D eigenvalue weighted by Crippen LogP contribution is 2.62. The Balaban J connectivity index is 0.000000396. The molecule has 5 aromatic carbocycles. The summed E-state index contributed by atoms with van der Waals surface area (Å²) in [5.74, 6) is -53.4. The number of carbonyl (C=O) groups is 1. The lowest BCUT2D eigenvalue weighted by Crippen LogP contribution is -2.74. The number of aryl methyl sites for hydroxylation is 5. The summed E-state index contributed by atoms with van der Waals surface area (Å²) in [6, 6.07) is 35.4. The Bertz CT molecular complexity index is 2740. The zero-order chi connectivity index (χ0) is 54.2. The normalized spacial score (nSPS) is 13.0. The van der Waals surface area contributed by atoms with Gasteiger partial charge in [-0.15, -0.1) is 4.13 Å². The highest BCUT2D eigenvalue weighted by atomic mass is 32.3. The van der Waals surface area contributed by atoms with E-state index >= 15 is 0 Å². The molecule has 0 spiro atoms. The summed E-state index contributed by atoms with van der Waals surface area (Å²) in [4.78, 5) is 9.98. The van der Waals surface area contributed by atoms with Crippen LogP contribution in [0.4, 0.5) is 65.9 Å². The van der Waals surface area contributed by atoms with E-state index in [2.05, 4.69) is 38.1 Å². The lowest BCUT2D eigenvalue weighted by molar-refractivity contribution is -0.449. The molecule has 0 aromatic heterocycles. The van der Waals surface area contributed by atoms with Gasteiger partial charge < -0.3 is 0 Å². The van der Waals surface area contributed by atoms with Crippen molar-refractivity contribution in [2.24, 2.45) is 0 Å². The average molecular weight is 1080 g/mol. The molecule has 0 unspecified atom stereocenters. The number of hydrogen-bond acceptors (Lipinski definition) is 7. The second-order valence-corrected chi connectivity index (χ2v) is 20.0. The van der Waals surface area contributed by atoms with Crippen LogP contribution in [-0.2, 0) is 34.9 Å². The molecule has 1 amide bonds. The van der Waals surface area contributed by atoms with E-state index in [0.717, 1.165) is 23.3 Å². The van der Waals surface area contributed by atoms with Crippen LogP contribution in [-0.4, -0.2) is 72.9 Å². The topological polar surface area (TPSA) is 144 Å². The van der Waals surface area contributed by atoms with Crippen LogP contribution < -0.4 is 8.85 Å². The molecular formula is C43H39F15N2O7S3. The Kier molecular flexibility index (Phi) is 19.2. The van der Waals surface area contributed by atoms with Crippen molar-refractivity contribution in [1.29, 1.82) is 0 Å². The molecule has 5 aromatic rings. The van der Waals surface area contributed by atoms with E-state index in [1.54, 1.807) is 28.4 Å². The van der Waals surface area contributed by atoms with Crippen molar-refractivity contribution >= 4 is 36.0 Å². The number of sulfonamides is 3. The fourth-order valence-corrected chi connectivity index (χ4v) is 8.71. The Labute approximate surface area is 391 Å². The molecule has 0 saturated carbocycles. The van der Waals surface area contributed by atoms with Gasteiger partial charge in [-0.25, -0.2) is 30.0 Å². The van der Waals surface area contributed by atoms with Crippen LogP contribution in [0, 0.1) is 34.6 Å². The van der Waals surface area contributed by atoms with Gasteiger partial charge in [0.1, 0.15) is 0 Å². The van der Waals surface area contributed by atoms with Crippen LogP contribution >= 0.6 is 0 Å². The van der Waals surface area contributed by atoms with Gasteiger partial charge in [0, 0.05) is 0 Å². The van der Waals surface area contributed by atoms with Crippen LogP contribution in [0.5, 0.6) is 0 Å². The summed E-state index contributed by atoms with van der Waals surface area (Å²) in [7, 11) is -13.9. The minimum absolute atomic E-state index is 0.0646. The molecule has 0 aliphatic heterocycles. The first-order valence-electron chi connectivity index (χ1n) is 19.0. The Morgan fingerprint density at radius 2 is 0.586 bits per heavy atom. The molecule has 5 rings (SSSR count). The van der Waals surface area contributed by atoms with Crippen LogP contribution in [0.3, 0.4) is 0 Å². The number of alkyl halides is 15. The quantitative estimate of drug-likeness (QED) is 0.118. The lowest BCUT2D eigenvalue weighted by atomic mass is 9.91. The van der Waals surface area contributed by atoms with E-state index in [1.165, 1.54) is 42.3 Å². The maximum absolute atomic E-state index is 13.8. The number of rotatable bonds is 12. The number of hydrogen-bond donors (Lipinski definition) is 2. The molecule has 27 heteroatoms. The third-order valence-corrected chi connectivity index (χ3v) is 13.8. The lowest BCUT2D eigenvalue weighted by Gasteiger charge is -2.41. The molecule has 0 bridgehead atoms. The standard InChI is InChI=1S/C15H8F15NO3S.C14H15NO4S2.2C7H8/c1-6-2-4-7(5-3-6)35(33,34)31-8(32)9(16,17)10(18,19)11(20,21)12(22,23)13(24,25)14(26,27)15(28,29)30;1-11-3-7-13(8-4-11)20(16,17)15-21(18,19)14-9-5-12(2)6-10-14;2*1-7-5-3-2-4-6-7/h2-5H,1H3,(H,31,32);3-10,15H,1-2H3;2*2-6H,1H3. The summed E-state index contributed by atoms with van der Waals surface area (Å²) in [5.41, 5.74) is 4.71.